The van der Waals surface area contributed by atoms with Gasteiger partial charge >= 0.3 is 0 Å². The second-order valence-electron chi connectivity index (χ2n) is 2.07. The van der Waals surface area contributed by atoms with Gasteiger partial charge in [0.25, 0.3) is 0 Å². The number of hydrogen-bond acceptors (Lipinski definition) is 1. The van der Waals surface area contributed by atoms with Crippen molar-refractivity contribution in [3.8, 4) is 0 Å². The van der Waals surface area contributed by atoms with E-state index in [1.165, 1.54) is 0 Å². The third-order valence-electron chi connectivity index (χ3n) is 1.02. The third-order valence-corrected chi connectivity index (χ3v) is 2.36. The summed E-state index contributed by atoms with van der Waals surface area (Å²) in [6, 6.07) is 0. The highest BCUT2D eigenvalue weighted by molar-refractivity contribution is 9.11. The molecule has 0 aliphatic carbocycles. The number of allylic oxidation sites excluding steroid dienone is 2. The zero-order valence-electron chi connectivity index (χ0n) is 6.11. The lowest BCUT2D eigenvalue weighted by molar-refractivity contribution is 0.549. The van der Waals surface area contributed by atoms with Gasteiger partial charge in [-0.1, -0.05) is 12.7 Å². The van der Waals surface area contributed by atoms with Gasteiger partial charge in [-0.15, -0.1) is 0 Å². The maximum atomic E-state index is 3.65. The van der Waals surface area contributed by atoms with Gasteiger partial charge in [0, 0.05) is 14.1 Å². The fourth-order valence-corrected chi connectivity index (χ4v) is 0.599. The maximum absolute atomic E-state index is 3.65. The molecule has 0 fully saturated rings. The van der Waals surface area contributed by atoms with E-state index in [0.717, 1.165) is 10.2 Å². The largest absolute Gasteiger partial charge is 0.372 e. The Morgan fingerprint density at radius 3 is 2.11 bits per heavy atom. The summed E-state index contributed by atoms with van der Waals surface area (Å²) in [6.07, 6.45) is 1.82. The van der Waals surface area contributed by atoms with Gasteiger partial charge in [0.2, 0.25) is 0 Å². The monoisotopic (exact) mass is 189 g/mol. The van der Waals surface area contributed by atoms with Crippen LogP contribution in [0, 0.1) is 0 Å². The van der Waals surface area contributed by atoms with Crippen LogP contribution in [0.2, 0.25) is 0 Å². The van der Waals surface area contributed by atoms with Crippen molar-refractivity contribution in [3.05, 3.63) is 22.8 Å². The average molecular weight is 190 g/mol. The molecule has 0 N–H and O–H groups in total. The van der Waals surface area contributed by atoms with Gasteiger partial charge < -0.3 is 4.90 Å². The first kappa shape index (κ1) is 8.76. The maximum Gasteiger partial charge on any atom is 0.0830 e. The van der Waals surface area contributed by atoms with Crippen LogP contribution < -0.4 is 0 Å². The summed E-state index contributed by atoms with van der Waals surface area (Å²) in [5, 5.41) is 0. The molecule has 52 valence electrons. The molecule has 2 heteroatoms. The molecule has 0 saturated carbocycles. The lowest BCUT2D eigenvalue weighted by Crippen LogP contribution is -2.07. The van der Waals surface area contributed by atoms with Gasteiger partial charge in [0.1, 0.15) is 0 Å². The molecule has 0 radical (unpaired) electrons. The molecule has 0 amide bonds. The Kier molecular flexibility index (Phi) is 3.62. The zero-order valence-corrected chi connectivity index (χ0v) is 7.70. The Balaban J connectivity index is 4.27. The SMILES string of the molecule is C=C/C(C)=C(\Br)N(C)C. The quantitative estimate of drug-likeness (QED) is 0.477. The normalized spacial score (nSPS) is 12.4. The van der Waals surface area contributed by atoms with Gasteiger partial charge in [-0.05, 0) is 28.4 Å². The van der Waals surface area contributed by atoms with Crippen LogP contribution in [0.3, 0.4) is 0 Å². The van der Waals surface area contributed by atoms with Crippen molar-refractivity contribution in [2.45, 2.75) is 6.92 Å². The van der Waals surface area contributed by atoms with Crippen LogP contribution in [0.15, 0.2) is 22.8 Å². The van der Waals surface area contributed by atoms with Crippen LogP contribution in [0.25, 0.3) is 0 Å². The Morgan fingerprint density at radius 2 is 2.00 bits per heavy atom. The second-order valence-corrected chi connectivity index (χ2v) is 2.82. The zero-order chi connectivity index (χ0) is 7.44. The van der Waals surface area contributed by atoms with Crippen molar-refractivity contribution >= 4 is 15.9 Å². The molecule has 0 heterocycles. The van der Waals surface area contributed by atoms with Crippen molar-refractivity contribution in [2.24, 2.45) is 0 Å². The summed E-state index contributed by atoms with van der Waals surface area (Å²) < 4.78 is 1.08. The van der Waals surface area contributed by atoms with Crippen molar-refractivity contribution in [1.29, 1.82) is 0 Å². The van der Waals surface area contributed by atoms with E-state index in [1.807, 2.05) is 32.0 Å². The number of rotatable bonds is 2. The molecule has 9 heavy (non-hydrogen) atoms. The van der Waals surface area contributed by atoms with Crippen LogP contribution in [0.5, 0.6) is 0 Å². The summed E-state index contributed by atoms with van der Waals surface area (Å²) in [4.78, 5) is 2.00. The molecule has 0 atom stereocenters. The Morgan fingerprint density at radius 1 is 1.56 bits per heavy atom. The molecule has 0 saturated heterocycles. The standard InChI is InChI=1S/C7H12BrN/c1-5-6(2)7(8)9(3)4/h5H,1H2,2-4H3/b7-6+. The molecular formula is C7H12BrN. The predicted molar refractivity (Wildman–Crippen MR) is 45.5 cm³/mol. The van der Waals surface area contributed by atoms with Crippen LogP contribution in [-0.2, 0) is 0 Å². The van der Waals surface area contributed by atoms with E-state index >= 15 is 0 Å². The first-order chi connectivity index (χ1) is 4.09. The van der Waals surface area contributed by atoms with Crippen molar-refractivity contribution in [2.75, 3.05) is 14.1 Å². The highest BCUT2D eigenvalue weighted by atomic mass is 79.9. The molecular weight excluding hydrogens is 178 g/mol. The topological polar surface area (TPSA) is 3.24 Å². The van der Waals surface area contributed by atoms with Crippen LogP contribution in [0.4, 0.5) is 0 Å². The molecule has 0 unspecified atom stereocenters. The fraction of sp³-hybridized carbons (Fsp3) is 0.429. The van der Waals surface area contributed by atoms with Gasteiger partial charge in [0.05, 0.1) is 4.61 Å². The van der Waals surface area contributed by atoms with Gasteiger partial charge in [-0.3, -0.25) is 0 Å². The number of halogens is 1. The minimum absolute atomic E-state index is 1.08. The first-order valence-electron chi connectivity index (χ1n) is 2.75. The summed E-state index contributed by atoms with van der Waals surface area (Å²) in [5.74, 6) is 0. The second kappa shape index (κ2) is 3.72. The van der Waals surface area contributed by atoms with Crippen molar-refractivity contribution in [1.82, 2.24) is 4.90 Å². The van der Waals surface area contributed by atoms with E-state index in [4.69, 9.17) is 0 Å². The third kappa shape index (κ3) is 2.70. The fourth-order valence-electron chi connectivity index (χ4n) is 0.437. The van der Waals surface area contributed by atoms with Gasteiger partial charge in [0.15, 0.2) is 0 Å². The molecule has 1 nitrogen and oxygen atoms in total. The first-order valence-corrected chi connectivity index (χ1v) is 3.55. The average Bonchev–Trinajstić information content (AvgIpc) is 1.84. The lowest BCUT2D eigenvalue weighted by atomic mass is 10.3. The lowest BCUT2D eigenvalue weighted by Gasteiger charge is -2.11. The summed E-state index contributed by atoms with van der Waals surface area (Å²) >= 11 is 3.40. The van der Waals surface area contributed by atoms with E-state index in [1.54, 1.807) is 0 Å². The molecule has 0 aromatic carbocycles. The van der Waals surface area contributed by atoms with Crippen LogP contribution >= 0.6 is 15.9 Å². The smallest absolute Gasteiger partial charge is 0.0830 e. The molecule has 0 aliphatic rings. The van der Waals surface area contributed by atoms with Crippen molar-refractivity contribution in [3.63, 3.8) is 0 Å². The van der Waals surface area contributed by atoms with Crippen LogP contribution in [0.1, 0.15) is 6.92 Å². The molecule has 0 aliphatic heterocycles. The molecule has 0 spiro atoms. The molecule has 0 aromatic rings. The van der Waals surface area contributed by atoms with Crippen molar-refractivity contribution < 1.29 is 0 Å². The highest BCUT2D eigenvalue weighted by Gasteiger charge is 1.94. The van der Waals surface area contributed by atoms with E-state index in [9.17, 15) is 0 Å². The minimum Gasteiger partial charge on any atom is -0.372 e. The number of nitrogens with zero attached hydrogens (tertiary/aromatic N) is 1. The summed E-state index contributed by atoms with van der Waals surface area (Å²) in [7, 11) is 3.97. The van der Waals surface area contributed by atoms with E-state index in [2.05, 4.69) is 22.5 Å². The molecule has 0 rings (SSSR count). The summed E-state index contributed by atoms with van der Waals surface area (Å²) in [5.41, 5.74) is 1.15. The van der Waals surface area contributed by atoms with E-state index in [0.29, 0.717) is 0 Å². The molecule has 0 aromatic heterocycles. The predicted octanol–water partition coefficient (Wildman–Crippen LogP) is 2.36. The molecule has 0 bridgehead atoms. The number of hydrogen-bond donors (Lipinski definition) is 0. The van der Waals surface area contributed by atoms with Gasteiger partial charge in [-0.2, -0.15) is 0 Å². The van der Waals surface area contributed by atoms with E-state index in [-0.39, 0.29) is 0 Å². The van der Waals surface area contributed by atoms with E-state index < -0.39 is 0 Å². The van der Waals surface area contributed by atoms with Crippen LogP contribution in [-0.4, -0.2) is 19.0 Å². The minimum atomic E-state index is 1.08. The summed E-state index contributed by atoms with van der Waals surface area (Å²) in [6.45, 7) is 5.66. The highest BCUT2D eigenvalue weighted by Crippen LogP contribution is 2.13. The van der Waals surface area contributed by atoms with Gasteiger partial charge in [-0.25, -0.2) is 0 Å². The Bertz CT molecular complexity index is 136. The Labute approximate surface area is 65.2 Å². The Hall–Kier alpha value is -0.240.